The van der Waals surface area contributed by atoms with Crippen LogP contribution in [0.25, 0.3) is 0 Å². The molecule has 20 heavy (non-hydrogen) atoms. The van der Waals surface area contributed by atoms with E-state index in [9.17, 15) is 13.2 Å². The molecule has 0 radical (unpaired) electrons. The summed E-state index contributed by atoms with van der Waals surface area (Å²) in [6.45, 7) is -0.761. The van der Waals surface area contributed by atoms with Crippen LogP contribution < -0.4 is 10.1 Å². The van der Waals surface area contributed by atoms with Crippen LogP contribution in [0.1, 0.15) is 5.56 Å². The van der Waals surface area contributed by atoms with Crippen LogP contribution in [0, 0.1) is 0 Å². The summed E-state index contributed by atoms with van der Waals surface area (Å²) in [6, 6.07) is 0. The Hall–Kier alpha value is -2.19. The first-order valence-corrected chi connectivity index (χ1v) is 5.77. The molecule has 0 aliphatic rings. The summed E-state index contributed by atoms with van der Waals surface area (Å²) in [7, 11) is 3.24. The number of hydrogen-bond acceptors (Lipinski definition) is 4. The van der Waals surface area contributed by atoms with Crippen LogP contribution in [-0.2, 0) is 20.1 Å². The topological polar surface area (TPSA) is 56.9 Å². The predicted octanol–water partition coefficient (Wildman–Crippen LogP) is 1.80. The zero-order valence-electron chi connectivity index (χ0n) is 11.0. The summed E-state index contributed by atoms with van der Waals surface area (Å²) in [5, 5.41) is 10.8. The van der Waals surface area contributed by atoms with Gasteiger partial charge in [-0.1, -0.05) is 0 Å². The minimum Gasteiger partial charge on any atom is -0.478 e. The molecule has 0 aliphatic heterocycles. The van der Waals surface area contributed by atoms with Gasteiger partial charge in [0.1, 0.15) is 12.2 Å². The average Bonchev–Trinajstić information content (AvgIpc) is 2.91. The van der Waals surface area contributed by atoms with Crippen LogP contribution in [0.3, 0.4) is 0 Å². The molecule has 0 fully saturated rings. The Labute approximate surface area is 113 Å². The van der Waals surface area contributed by atoms with E-state index >= 15 is 0 Å². The van der Waals surface area contributed by atoms with E-state index in [1.807, 2.05) is 0 Å². The zero-order chi connectivity index (χ0) is 14.8. The first kappa shape index (κ1) is 14.2. The summed E-state index contributed by atoms with van der Waals surface area (Å²) in [5.74, 6) is 0.426. The van der Waals surface area contributed by atoms with Gasteiger partial charge in [0, 0.05) is 25.4 Å². The summed E-state index contributed by atoms with van der Waals surface area (Å²) in [5.41, 5.74) is 1.30. The number of alkyl halides is 3. The van der Waals surface area contributed by atoms with Crippen molar-refractivity contribution < 1.29 is 17.9 Å². The largest absolute Gasteiger partial charge is 0.478 e. The molecule has 2 rings (SSSR count). The van der Waals surface area contributed by atoms with Crippen LogP contribution >= 0.6 is 0 Å². The van der Waals surface area contributed by atoms with Gasteiger partial charge in [0.25, 0.3) is 5.88 Å². The summed E-state index contributed by atoms with van der Waals surface area (Å²) < 4.78 is 44.1. The Balaban J connectivity index is 1.97. The van der Waals surface area contributed by atoms with Crippen molar-refractivity contribution in [1.29, 1.82) is 0 Å². The van der Waals surface area contributed by atoms with Crippen LogP contribution in [0.2, 0.25) is 0 Å². The number of rotatable bonds is 5. The fraction of sp³-hybridized carbons (Fsp3) is 0.455. The lowest BCUT2D eigenvalue weighted by Crippen LogP contribution is -2.17. The molecule has 1 N–H and O–H groups in total. The highest BCUT2D eigenvalue weighted by Gasteiger charge is 2.28. The van der Waals surface area contributed by atoms with Gasteiger partial charge in [-0.05, 0) is 0 Å². The zero-order valence-corrected chi connectivity index (χ0v) is 11.0. The molecule has 110 valence electrons. The van der Waals surface area contributed by atoms with E-state index in [1.165, 1.54) is 19.5 Å². The Kier molecular flexibility index (Phi) is 3.86. The summed E-state index contributed by atoms with van der Waals surface area (Å²) in [4.78, 5) is 0. The lowest BCUT2D eigenvalue weighted by Gasteiger charge is -2.05. The third kappa shape index (κ3) is 3.65. The van der Waals surface area contributed by atoms with Crippen molar-refractivity contribution in [1.82, 2.24) is 19.6 Å². The van der Waals surface area contributed by atoms with Crippen LogP contribution in [0.5, 0.6) is 5.88 Å². The molecule has 2 aromatic rings. The van der Waals surface area contributed by atoms with Gasteiger partial charge >= 0.3 is 6.18 Å². The van der Waals surface area contributed by atoms with Gasteiger partial charge in [0.05, 0.1) is 19.5 Å². The van der Waals surface area contributed by atoms with E-state index in [2.05, 4.69) is 15.5 Å². The van der Waals surface area contributed by atoms with Crippen molar-refractivity contribution in [3.63, 3.8) is 0 Å². The second kappa shape index (κ2) is 5.43. The van der Waals surface area contributed by atoms with Gasteiger partial charge in [-0.2, -0.15) is 18.3 Å². The van der Waals surface area contributed by atoms with Crippen molar-refractivity contribution in [2.24, 2.45) is 7.05 Å². The molecule has 9 heteroatoms. The first-order chi connectivity index (χ1) is 9.37. The van der Waals surface area contributed by atoms with E-state index in [-0.39, 0.29) is 0 Å². The fourth-order valence-corrected chi connectivity index (χ4v) is 1.71. The smallest absolute Gasteiger partial charge is 0.408 e. The Morgan fingerprint density at radius 3 is 2.75 bits per heavy atom. The van der Waals surface area contributed by atoms with Gasteiger partial charge in [-0.3, -0.25) is 9.36 Å². The van der Waals surface area contributed by atoms with Crippen LogP contribution in [-0.4, -0.2) is 32.8 Å². The number of methoxy groups -OCH3 is 1. The average molecular weight is 289 g/mol. The van der Waals surface area contributed by atoms with E-state index in [0.29, 0.717) is 23.7 Å². The lowest BCUT2D eigenvalue weighted by molar-refractivity contribution is -0.142. The van der Waals surface area contributed by atoms with Gasteiger partial charge < -0.3 is 10.1 Å². The molecule has 2 heterocycles. The number of aryl methyl sites for hydroxylation is 1. The number of aromatic nitrogens is 4. The van der Waals surface area contributed by atoms with Gasteiger partial charge in [-0.25, -0.2) is 0 Å². The van der Waals surface area contributed by atoms with Crippen molar-refractivity contribution >= 4 is 5.69 Å². The number of nitrogens with one attached hydrogen (secondary N) is 1. The molecule has 0 spiro atoms. The molecular formula is C11H14F3N5O. The number of anilines is 1. The Morgan fingerprint density at radius 1 is 1.35 bits per heavy atom. The van der Waals surface area contributed by atoms with Crippen molar-refractivity contribution in [2.75, 3.05) is 12.4 Å². The van der Waals surface area contributed by atoms with Crippen LogP contribution in [0.4, 0.5) is 18.9 Å². The second-order valence-electron chi connectivity index (χ2n) is 4.24. The highest BCUT2D eigenvalue weighted by molar-refractivity contribution is 5.51. The molecule has 0 atom stereocenters. The van der Waals surface area contributed by atoms with Crippen molar-refractivity contribution in [3.05, 3.63) is 24.2 Å². The molecule has 0 unspecified atom stereocenters. The fourth-order valence-electron chi connectivity index (χ4n) is 1.71. The molecule has 0 bridgehead atoms. The standard InChI is InChI=1S/C11H14F3N5O/c1-18-6-9(10(17-18)20-2)15-3-8-4-16-19(5-8)7-11(12,13)14/h4-6,15H,3,7H2,1-2H3. The maximum atomic E-state index is 12.2. The number of halogens is 3. The van der Waals surface area contributed by atoms with Crippen LogP contribution in [0.15, 0.2) is 18.6 Å². The molecule has 0 saturated heterocycles. The van der Waals surface area contributed by atoms with E-state index < -0.39 is 12.7 Å². The first-order valence-electron chi connectivity index (χ1n) is 5.77. The molecule has 2 aromatic heterocycles. The SMILES string of the molecule is COc1nn(C)cc1NCc1cnn(CC(F)(F)F)c1. The second-order valence-corrected chi connectivity index (χ2v) is 4.24. The number of ether oxygens (including phenoxy) is 1. The Morgan fingerprint density at radius 2 is 2.10 bits per heavy atom. The third-order valence-electron chi connectivity index (χ3n) is 2.50. The molecule has 6 nitrogen and oxygen atoms in total. The molecule has 0 aromatic carbocycles. The van der Waals surface area contributed by atoms with Crippen molar-refractivity contribution in [2.45, 2.75) is 19.3 Å². The third-order valence-corrected chi connectivity index (χ3v) is 2.50. The number of hydrogen-bond donors (Lipinski definition) is 1. The normalized spacial score (nSPS) is 11.7. The monoisotopic (exact) mass is 289 g/mol. The molecule has 0 aliphatic carbocycles. The maximum Gasteiger partial charge on any atom is 0.408 e. The highest BCUT2D eigenvalue weighted by Crippen LogP contribution is 2.22. The Bertz CT molecular complexity index is 575. The van der Waals surface area contributed by atoms with E-state index in [0.717, 1.165) is 4.68 Å². The maximum absolute atomic E-state index is 12.2. The highest BCUT2D eigenvalue weighted by atomic mass is 19.4. The molecule has 0 amide bonds. The lowest BCUT2D eigenvalue weighted by atomic mass is 10.3. The van der Waals surface area contributed by atoms with E-state index in [1.54, 1.807) is 17.9 Å². The number of nitrogens with zero attached hydrogens (tertiary/aromatic N) is 4. The molecular weight excluding hydrogens is 275 g/mol. The summed E-state index contributed by atoms with van der Waals surface area (Å²) in [6.07, 6.45) is 0.188. The summed E-state index contributed by atoms with van der Waals surface area (Å²) >= 11 is 0. The quantitative estimate of drug-likeness (QED) is 0.912. The van der Waals surface area contributed by atoms with Gasteiger partial charge in [0.2, 0.25) is 0 Å². The van der Waals surface area contributed by atoms with Gasteiger partial charge in [-0.15, -0.1) is 5.10 Å². The predicted molar refractivity (Wildman–Crippen MR) is 65.4 cm³/mol. The van der Waals surface area contributed by atoms with E-state index in [4.69, 9.17) is 4.74 Å². The van der Waals surface area contributed by atoms with Gasteiger partial charge in [0.15, 0.2) is 0 Å². The molecule has 0 saturated carbocycles. The minimum atomic E-state index is -4.27. The minimum absolute atomic E-state index is 0.333. The van der Waals surface area contributed by atoms with Crippen molar-refractivity contribution in [3.8, 4) is 5.88 Å².